The van der Waals surface area contributed by atoms with Gasteiger partial charge in [-0.2, -0.15) is 13.2 Å². The van der Waals surface area contributed by atoms with E-state index in [0.29, 0.717) is 9.89 Å². The number of benzene rings is 1. The molecule has 1 aliphatic rings. The van der Waals surface area contributed by atoms with Crippen molar-refractivity contribution in [3.8, 4) is 5.75 Å². The fourth-order valence-corrected chi connectivity index (χ4v) is 3.01. The maximum absolute atomic E-state index is 12.8. The Morgan fingerprint density at radius 3 is 2.67 bits per heavy atom. The second-order valence-corrected chi connectivity index (χ2v) is 6.18. The Balaban J connectivity index is 1.87. The highest BCUT2D eigenvalue weighted by molar-refractivity contribution is 7.11. The van der Waals surface area contributed by atoms with Crippen LogP contribution in [0.25, 0.3) is 6.08 Å². The van der Waals surface area contributed by atoms with Crippen molar-refractivity contribution in [1.29, 1.82) is 0 Å². The topological polar surface area (TPSA) is 95.9 Å². The second kappa shape index (κ2) is 6.76. The molecule has 2 heterocycles. The highest BCUT2D eigenvalue weighted by atomic mass is 32.1. The van der Waals surface area contributed by atoms with Crippen molar-refractivity contribution in [1.82, 2.24) is 5.43 Å². The molecule has 0 spiro atoms. The second-order valence-electron chi connectivity index (χ2n) is 5.24. The van der Waals surface area contributed by atoms with E-state index < -0.39 is 29.7 Å². The first-order valence-corrected chi connectivity index (χ1v) is 8.07. The number of carbonyl (C=O) groups excluding carboxylic acids is 2. The molecule has 0 radical (unpaired) electrons. The van der Waals surface area contributed by atoms with Gasteiger partial charge in [0, 0.05) is 10.3 Å². The van der Waals surface area contributed by atoms with Crippen molar-refractivity contribution in [2.45, 2.75) is 6.18 Å². The predicted molar refractivity (Wildman–Crippen MR) is 88.0 cm³/mol. The average Bonchev–Trinajstić information content (AvgIpc) is 3.13. The molecule has 0 saturated carbocycles. The van der Waals surface area contributed by atoms with Crippen LogP contribution in [0.5, 0.6) is 5.75 Å². The average molecular weight is 398 g/mol. The van der Waals surface area contributed by atoms with Crippen LogP contribution in [0.15, 0.2) is 41.3 Å². The number of alkyl halides is 3. The first-order chi connectivity index (χ1) is 12.6. The molecule has 0 atom stereocenters. The minimum absolute atomic E-state index is 0.0138. The van der Waals surface area contributed by atoms with E-state index in [2.05, 4.69) is 10.2 Å². The quantitative estimate of drug-likeness (QED) is 0.470. The Morgan fingerprint density at radius 2 is 2.00 bits per heavy atom. The standard InChI is InChI=1S/C16H9F3N2O5S/c17-16(18,19)8-2-1-3-9(4-8)21-14(23)12(13(22)20-21)6-11-5-10(7-27-11)26-15(24)25/h1-7H,(H,20,22)(H,24,25). The fourth-order valence-electron chi connectivity index (χ4n) is 2.27. The number of nitrogens with one attached hydrogen (secondary N) is 1. The number of hydrazine groups is 1. The normalized spacial score (nSPS) is 16.0. The number of hydrogen-bond donors (Lipinski definition) is 2. The van der Waals surface area contributed by atoms with E-state index in [1.165, 1.54) is 23.6 Å². The van der Waals surface area contributed by atoms with E-state index >= 15 is 0 Å². The molecule has 7 nitrogen and oxygen atoms in total. The highest BCUT2D eigenvalue weighted by Gasteiger charge is 2.36. The van der Waals surface area contributed by atoms with Gasteiger partial charge < -0.3 is 9.84 Å². The van der Waals surface area contributed by atoms with Crippen LogP contribution in [0.4, 0.5) is 23.7 Å². The number of halogens is 3. The van der Waals surface area contributed by atoms with Gasteiger partial charge in [-0.25, -0.2) is 9.80 Å². The lowest BCUT2D eigenvalue weighted by atomic mass is 10.1. The molecule has 0 unspecified atom stereocenters. The highest BCUT2D eigenvalue weighted by Crippen LogP contribution is 2.32. The van der Waals surface area contributed by atoms with Crippen LogP contribution in [-0.4, -0.2) is 23.1 Å². The summed E-state index contributed by atoms with van der Waals surface area (Å²) in [7, 11) is 0. The Hall–Kier alpha value is -3.34. The molecule has 140 valence electrons. The zero-order valence-corrected chi connectivity index (χ0v) is 13.9. The Kier molecular flexibility index (Phi) is 4.62. The summed E-state index contributed by atoms with van der Waals surface area (Å²) in [6, 6.07) is 5.26. The van der Waals surface area contributed by atoms with E-state index in [9.17, 15) is 27.6 Å². The van der Waals surface area contributed by atoms with Gasteiger partial charge in [-0.3, -0.25) is 15.0 Å². The number of ether oxygens (including phenoxy) is 1. The van der Waals surface area contributed by atoms with E-state index in [1.807, 2.05) is 0 Å². The fraction of sp³-hybridized carbons (Fsp3) is 0.0625. The minimum atomic E-state index is -4.60. The molecule has 2 amide bonds. The van der Waals surface area contributed by atoms with E-state index in [4.69, 9.17) is 5.11 Å². The molecule has 0 bridgehead atoms. The molecule has 1 fully saturated rings. The molecule has 27 heavy (non-hydrogen) atoms. The van der Waals surface area contributed by atoms with Gasteiger partial charge in [-0.05, 0) is 30.3 Å². The SMILES string of the molecule is O=C(O)Oc1csc(C=C2C(=O)NN(c3cccc(C(F)(F)F)c3)C2=O)c1. The number of hydrogen-bond acceptors (Lipinski definition) is 5. The van der Waals surface area contributed by atoms with Gasteiger partial charge in [-0.1, -0.05) is 6.07 Å². The number of thiophene rings is 1. The van der Waals surface area contributed by atoms with Crippen LogP contribution in [0.2, 0.25) is 0 Å². The van der Waals surface area contributed by atoms with Crippen LogP contribution in [0.1, 0.15) is 10.4 Å². The van der Waals surface area contributed by atoms with Gasteiger partial charge >= 0.3 is 12.3 Å². The van der Waals surface area contributed by atoms with Gasteiger partial charge in [0.05, 0.1) is 11.3 Å². The summed E-state index contributed by atoms with van der Waals surface area (Å²) in [6.45, 7) is 0. The number of carbonyl (C=O) groups is 3. The maximum Gasteiger partial charge on any atom is 0.511 e. The van der Waals surface area contributed by atoms with Crippen LogP contribution in [0.3, 0.4) is 0 Å². The molecule has 2 aromatic rings. The number of anilines is 1. The van der Waals surface area contributed by atoms with Crippen molar-refractivity contribution in [2.75, 3.05) is 5.01 Å². The van der Waals surface area contributed by atoms with Crippen LogP contribution >= 0.6 is 11.3 Å². The lowest BCUT2D eigenvalue weighted by molar-refractivity contribution is -0.137. The van der Waals surface area contributed by atoms with Crippen molar-refractivity contribution in [3.05, 3.63) is 51.7 Å². The van der Waals surface area contributed by atoms with Gasteiger partial charge in [-0.15, -0.1) is 11.3 Å². The minimum Gasteiger partial charge on any atom is -0.449 e. The molecule has 1 aromatic heterocycles. The van der Waals surface area contributed by atoms with Crippen molar-refractivity contribution < 1.29 is 37.4 Å². The van der Waals surface area contributed by atoms with E-state index in [-0.39, 0.29) is 17.0 Å². The summed E-state index contributed by atoms with van der Waals surface area (Å²) >= 11 is 1.02. The smallest absolute Gasteiger partial charge is 0.449 e. The van der Waals surface area contributed by atoms with Crippen LogP contribution in [-0.2, 0) is 15.8 Å². The number of carboxylic acid groups (broad SMARTS) is 1. The number of rotatable bonds is 3. The summed E-state index contributed by atoms with van der Waals surface area (Å²) in [5.74, 6) is -1.63. The molecule has 3 rings (SSSR count). The van der Waals surface area contributed by atoms with E-state index in [1.54, 1.807) is 0 Å². The third-order valence-electron chi connectivity index (χ3n) is 3.41. The lowest BCUT2D eigenvalue weighted by Crippen LogP contribution is -2.35. The van der Waals surface area contributed by atoms with Crippen LogP contribution in [0, 0.1) is 0 Å². The van der Waals surface area contributed by atoms with Gasteiger partial charge in [0.2, 0.25) is 0 Å². The first kappa shape index (κ1) is 18.5. The van der Waals surface area contributed by atoms with Gasteiger partial charge in [0.1, 0.15) is 11.3 Å². The molecule has 0 aliphatic carbocycles. The predicted octanol–water partition coefficient (Wildman–Crippen LogP) is 3.29. The molecule has 1 saturated heterocycles. The van der Waals surface area contributed by atoms with Gasteiger partial charge in [0.15, 0.2) is 0 Å². The number of nitrogens with zero attached hydrogens (tertiary/aromatic N) is 1. The summed E-state index contributed by atoms with van der Waals surface area (Å²) in [5, 5.41) is 10.6. The summed E-state index contributed by atoms with van der Waals surface area (Å²) in [6.07, 6.45) is -4.92. The van der Waals surface area contributed by atoms with Crippen molar-refractivity contribution in [2.24, 2.45) is 0 Å². The molecule has 11 heteroatoms. The Bertz CT molecular complexity index is 967. The maximum atomic E-state index is 12.8. The summed E-state index contributed by atoms with van der Waals surface area (Å²) in [4.78, 5) is 35.3. The molecule has 1 aliphatic heterocycles. The molecular formula is C16H9F3N2O5S. The Morgan fingerprint density at radius 1 is 1.26 bits per heavy atom. The summed E-state index contributed by atoms with van der Waals surface area (Å²) in [5.41, 5.74) is 0.777. The molecule has 2 N–H and O–H groups in total. The third-order valence-corrected chi connectivity index (χ3v) is 4.27. The molecular weight excluding hydrogens is 389 g/mol. The van der Waals surface area contributed by atoms with E-state index in [0.717, 1.165) is 29.5 Å². The Labute approximate surface area is 153 Å². The monoisotopic (exact) mass is 398 g/mol. The first-order valence-electron chi connectivity index (χ1n) is 7.19. The lowest BCUT2D eigenvalue weighted by Gasteiger charge is -2.16. The zero-order chi connectivity index (χ0) is 19.8. The number of amides is 2. The largest absolute Gasteiger partial charge is 0.511 e. The summed E-state index contributed by atoms with van der Waals surface area (Å²) < 4.78 is 42.9. The van der Waals surface area contributed by atoms with Crippen molar-refractivity contribution in [3.63, 3.8) is 0 Å². The zero-order valence-electron chi connectivity index (χ0n) is 13.1. The van der Waals surface area contributed by atoms with Crippen molar-refractivity contribution >= 4 is 41.1 Å². The molecule has 1 aromatic carbocycles. The third kappa shape index (κ3) is 3.92. The van der Waals surface area contributed by atoms with Gasteiger partial charge in [0.25, 0.3) is 11.8 Å². The van der Waals surface area contributed by atoms with Crippen LogP contribution < -0.4 is 15.2 Å².